The van der Waals surface area contributed by atoms with Crippen molar-refractivity contribution in [2.75, 3.05) is 6.54 Å². The molecule has 3 nitrogen and oxygen atoms in total. The van der Waals surface area contributed by atoms with E-state index in [2.05, 4.69) is 0 Å². The zero-order valence-corrected chi connectivity index (χ0v) is 4.48. The first kappa shape index (κ1) is 6.40. The van der Waals surface area contributed by atoms with Gasteiger partial charge in [0.1, 0.15) is 0 Å². The van der Waals surface area contributed by atoms with E-state index in [1.165, 1.54) is 0 Å². The Morgan fingerprint density at radius 1 is 1.71 bits per heavy atom. The second kappa shape index (κ2) is 3.59. The molecule has 0 aliphatic carbocycles. The van der Waals surface area contributed by atoms with Crippen molar-refractivity contribution >= 4 is 0 Å². The number of nitrogens with one attached hydrogen (secondary N) is 1. The fraction of sp³-hybridized carbons (Fsp3) is 1.00. The number of rotatable bonds is 3. The van der Waals surface area contributed by atoms with Gasteiger partial charge in [-0.3, -0.25) is 0 Å². The van der Waals surface area contributed by atoms with Gasteiger partial charge in [0.15, 0.2) is 6.54 Å². The molecular formula is C4H10N2O. The van der Waals surface area contributed by atoms with Crippen LogP contribution in [-0.4, -0.2) is 11.4 Å². The molecule has 0 fully saturated rings. The van der Waals surface area contributed by atoms with Crippen LogP contribution in [0.15, 0.2) is 0 Å². The topological polar surface area (TPSA) is 49.9 Å². The summed E-state index contributed by atoms with van der Waals surface area (Å²) in [5, 5.41) is 9.79. The highest BCUT2D eigenvalue weighted by atomic mass is 16.5. The predicted octanol–water partition coefficient (Wildman–Crippen LogP) is 1.33. The summed E-state index contributed by atoms with van der Waals surface area (Å²) in [5.41, 5.74) is 6.36. The first-order valence-corrected chi connectivity index (χ1v) is 2.43. The van der Waals surface area contributed by atoms with Crippen molar-refractivity contribution in [2.45, 2.75) is 19.8 Å². The van der Waals surface area contributed by atoms with Crippen LogP contribution in [0, 0.1) is 10.7 Å². The summed E-state index contributed by atoms with van der Waals surface area (Å²) in [5.74, 6) is 0. The van der Waals surface area contributed by atoms with E-state index in [-0.39, 0.29) is 4.86 Å². The third-order valence-electron chi connectivity index (χ3n) is 0.715. The number of hydrogen-bond acceptors (Lipinski definition) is 2. The molecule has 0 bridgehead atoms. The molecule has 42 valence electrons. The maximum atomic E-state index is 9.79. The third-order valence-corrected chi connectivity index (χ3v) is 0.715. The van der Waals surface area contributed by atoms with Crippen molar-refractivity contribution < 1.29 is 4.86 Å². The van der Waals surface area contributed by atoms with E-state index in [0.717, 1.165) is 12.8 Å². The van der Waals surface area contributed by atoms with Gasteiger partial charge in [0.2, 0.25) is 0 Å². The van der Waals surface area contributed by atoms with Gasteiger partial charge in [-0.05, 0) is 5.53 Å². The molecule has 3 heteroatoms. The van der Waals surface area contributed by atoms with Crippen LogP contribution in [-0.2, 0) is 0 Å². The Morgan fingerprint density at radius 2 is 2.29 bits per heavy atom. The molecule has 1 N–H and O–H groups in total. The van der Waals surface area contributed by atoms with E-state index in [9.17, 15) is 5.21 Å². The smallest absolute Gasteiger partial charge is 0.180 e. The fourth-order valence-corrected chi connectivity index (χ4v) is 0.302. The van der Waals surface area contributed by atoms with Crippen molar-refractivity contribution in [3.63, 3.8) is 0 Å². The largest absolute Gasteiger partial charge is 0.600 e. The first-order chi connectivity index (χ1) is 3.27. The fourth-order valence-electron chi connectivity index (χ4n) is 0.302. The lowest BCUT2D eigenvalue weighted by Crippen LogP contribution is -1.98. The van der Waals surface area contributed by atoms with Crippen LogP contribution < -0.4 is 0 Å². The number of hydrogen-bond donors (Lipinski definition) is 1. The lowest BCUT2D eigenvalue weighted by Gasteiger charge is -1.92. The number of unbranched alkanes of at least 4 members (excludes halogenated alkanes) is 1. The molecule has 0 amide bonds. The molecule has 0 saturated carbocycles. The second-order valence-corrected chi connectivity index (χ2v) is 1.46. The summed E-state index contributed by atoms with van der Waals surface area (Å²) in [7, 11) is 0. The Balaban J connectivity index is 2.82. The van der Waals surface area contributed by atoms with Crippen molar-refractivity contribution in [3.8, 4) is 0 Å². The Hall–Kier alpha value is -0.600. The average molecular weight is 102 g/mol. The van der Waals surface area contributed by atoms with Crippen LogP contribution in [0.3, 0.4) is 0 Å². The van der Waals surface area contributed by atoms with Crippen LogP contribution in [0.2, 0.25) is 0 Å². The standard InChI is InChI=1S/C4H10N2O/c1-2-3-4-6(5)7/h5H,2-4H2,1H3. The van der Waals surface area contributed by atoms with Crippen LogP contribution in [0.25, 0.3) is 0 Å². The molecule has 0 heterocycles. The van der Waals surface area contributed by atoms with Gasteiger partial charge < -0.3 is 5.21 Å². The summed E-state index contributed by atoms with van der Waals surface area (Å²) in [6, 6.07) is 0. The Kier molecular flexibility index (Phi) is 3.28. The summed E-state index contributed by atoms with van der Waals surface area (Å²) in [6.45, 7) is 2.33. The van der Waals surface area contributed by atoms with Crippen LogP contribution in [0.5, 0.6) is 0 Å². The monoisotopic (exact) mass is 102 g/mol. The molecule has 0 spiro atoms. The van der Waals surface area contributed by atoms with E-state index in [4.69, 9.17) is 5.53 Å². The molecule has 0 radical (unpaired) electrons. The zero-order valence-electron chi connectivity index (χ0n) is 4.48. The lowest BCUT2D eigenvalue weighted by atomic mass is 10.3. The summed E-state index contributed by atoms with van der Waals surface area (Å²) >= 11 is 0. The highest BCUT2D eigenvalue weighted by Gasteiger charge is 1.86. The van der Waals surface area contributed by atoms with E-state index in [1.54, 1.807) is 0 Å². The molecule has 0 rings (SSSR count). The van der Waals surface area contributed by atoms with E-state index >= 15 is 0 Å². The minimum atomic E-state index is 0.212. The Bertz CT molecular complexity index is 62.7. The van der Waals surface area contributed by atoms with E-state index in [0.29, 0.717) is 6.54 Å². The van der Waals surface area contributed by atoms with Gasteiger partial charge in [0, 0.05) is 6.42 Å². The van der Waals surface area contributed by atoms with Crippen molar-refractivity contribution in [1.82, 2.24) is 0 Å². The molecule has 0 aliphatic heterocycles. The third kappa shape index (κ3) is 5.40. The van der Waals surface area contributed by atoms with E-state index < -0.39 is 0 Å². The molecule has 0 saturated heterocycles. The second-order valence-electron chi connectivity index (χ2n) is 1.46. The van der Waals surface area contributed by atoms with E-state index in [1.807, 2.05) is 6.92 Å². The zero-order chi connectivity index (χ0) is 5.70. The van der Waals surface area contributed by atoms with Gasteiger partial charge >= 0.3 is 0 Å². The molecular weight excluding hydrogens is 92.1 g/mol. The summed E-state index contributed by atoms with van der Waals surface area (Å²) < 4.78 is 0. The minimum absolute atomic E-state index is 0.212. The summed E-state index contributed by atoms with van der Waals surface area (Å²) in [4.78, 5) is 0.212. The van der Waals surface area contributed by atoms with Crippen LogP contribution >= 0.6 is 0 Å². The number of nitrogens with zero attached hydrogens (tertiary/aromatic N) is 1. The molecule has 0 unspecified atom stereocenters. The highest BCUT2D eigenvalue weighted by molar-refractivity contribution is 4.25. The van der Waals surface area contributed by atoms with Gasteiger partial charge in [0.25, 0.3) is 0 Å². The molecule has 0 atom stereocenters. The highest BCUT2D eigenvalue weighted by Crippen LogP contribution is 1.84. The maximum absolute atomic E-state index is 9.79. The normalized spacial score (nSPS) is 8.71. The van der Waals surface area contributed by atoms with Crippen molar-refractivity contribution in [3.05, 3.63) is 5.21 Å². The SMILES string of the molecule is CCCC[N+](=N)[O-]. The van der Waals surface area contributed by atoms with Crippen LogP contribution in [0.4, 0.5) is 0 Å². The van der Waals surface area contributed by atoms with Crippen LogP contribution in [0.1, 0.15) is 19.8 Å². The average Bonchev–Trinajstić information content (AvgIpc) is 1.61. The molecule has 0 aromatic carbocycles. The Morgan fingerprint density at radius 3 is 2.43 bits per heavy atom. The van der Waals surface area contributed by atoms with Gasteiger partial charge in [0.05, 0.1) is 0 Å². The predicted molar refractivity (Wildman–Crippen MR) is 26.1 cm³/mol. The number of hydroxylamine groups is 1. The van der Waals surface area contributed by atoms with Crippen molar-refractivity contribution in [1.29, 1.82) is 5.53 Å². The lowest BCUT2D eigenvalue weighted by molar-refractivity contribution is -0.552. The van der Waals surface area contributed by atoms with Gasteiger partial charge in [-0.2, -0.15) is 0 Å². The van der Waals surface area contributed by atoms with Gasteiger partial charge in [-0.15, -0.1) is 0 Å². The van der Waals surface area contributed by atoms with Gasteiger partial charge in [-0.1, -0.05) is 18.2 Å². The molecule has 0 aromatic rings. The van der Waals surface area contributed by atoms with Gasteiger partial charge in [-0.25, -0.2) is 0 Å². The molecule has 0 aromatic heterocycles. The Labute approximate surface area is 43.0 Å². The quantitative estimate of drug-likeness (QED) is 0.326. The minimum Gasteiger partial charge on any atom is -0.600 e. The van der Waals surface area contributed by atoms with Crippen molar-refractivity contribution in [2.24, 2.45) is 0 Å². The maximum Gasteiger partial charge on any atom is 0.180 e. The summed E-state index contributed by atoms with van der Waals surface area (Å²) in [6.07, 6.45) is 1.81. The molecule has 7 heavy (non-hydrogen) atoms. The molecule has 0 aliphatic rings. The first-order valence-electron chi connectivity index (χ1n) is 2.43.